The zero-order chi connectivity index (χ0) is 16.6. The van der Waals surface area contributed by atoms with Gasteiger partial charge in [-0.3, -0.25) is 9.59 Å². The van der Waals surface area contributed by atoms with E-state index in [0.29, 0.717) is 15.7 Å². The van der Waals surface area contributed by atoms with E-state index in [9.17, 15) is 9.59 Å². The van der Waals surface area contributed by atoms with Crippen LogP contribution in [0.2, 0.25) is 10.0 Å². The molecule has 1 aliphatic rings. The Morgan fingerprint density at radius 1 is 1.04 bits per heavy atom. The monoisotopic (exact) mass is 412 g/mol. The lowest BCUT2D eigenvalue weighted by Gasteiger charge is -2.16. The second kappa shape index (κ2) is 6.51. The number of anilines is 2. The van der Waals surface area contributed by atoms with Gasteiger partial charge in [-0.1, -0.05) is 39.1 Å². The molecule has 1 saturated heterocycles. The number of benzene rings is 2. The van der Waals surface area contributed by atoms with Crippen LogP contribution in [0.15, 0.2) is 46.9 Å². The predicted molar refractivity (Wildman–Crippen MR) is 95.1 cm³/mol. The van der Waals surface area contributed by atoms with Crippen molar-refractivity contribution in [3.05, 3.63) is 57.0 Å². The summed E-state index contributed by atoms with van der Waals surface area (Å²) < 4.78 is 0.939. The van der Waals surface area contributed by atoms with Gasteiger partial charge in [-0.25, -0.2) is 4.90 Å². The van der Waals surface area contributed by atoms with Gasteiger partial charge in [-0.15, -0.1) is 0 Å². The van der Waals surface area contributed by atoms with Crippen LogP contribution in [0, 0.1) is 0 Å². The third-order valence-electron chi connectivity index (χ3n) is 3.49. The Morgan fingerprint density at radius 2 is 1.74 bits per heavy atom. The molecule has 0 aliphatic carbocycles. The first kappa shape index (κ1) is 16.3. The second-order valence-electron chi connectivity index (χ2n) is 5.07. The van der Waals surface area contributed by atoms with Crippen molar-refractivity contribution < 1.29 is 9.59 Å². The molecule has 7 heteroatoms. The van der Waals surface area contributed by atoms with E-state index in [-0.39, 0.29) is 18.2 Å². The molecule has 0 spiro atoms. The minimum Gasteiger partial charge on any atom is -0.373 e. The van der Waals surface area contributed by atoms with Crippen molar-refractivity contribution >= 4 is 62.3 Å². The summed E-state index contributed by atoms with van der Waals surface area (Å²) in [5, 5.41) is 3.76. The van der Waals surface area contributed by atoms with Crippen molar-refractivity contribution in [2.75, 3.05) is 10.2 Å². The molecule has 1 fully saturated rings. The number of carbonyl (C=O) groups is 2. The predicted octanol–water partition coefficient (Wildman–Crippen LogP) is 4.50. The average molecular weight is 414 g/mol. The van der Waals surface area contributed by atoms with Crippen molar-refractivity contribution in [2.45, 2.75) is 12.5 Å². The van der Waals surface area contributed by atoms with Crippen LogP contribution in [0.4, 0.5) is 11.4 Å². The first-order valence-electron chi connectivity index (χ1n) is 6.79. The maximum atomic E-state index is 12.5. The number of nitrogens with zero attached hydrogens (tertiary/aromatic N) is 1. The van der Waals surface area contributed by atoms with Gasteiger partial charge >= 0.3 is 0 Å². The number of halogens is 3. The van der Waals surface area contributed by atoms with Crippen LogP contribution in [0.1, 0.15) is 6.42 Å². The molecule has 0 bridgehead atoms. The van der Waals surface area contributed by atoms with E-state index in [4.69, 9.17) is 23.2 Å². The summed E-state index contributed by atoms with van der Waals surface area (Å²) >= 11 is 15.2. The summed E-state index contributed by atoms with van der Waals surface area (Å²) in [4.78, 5) is 25.9. The van der Waals surface area contributed by atoms with E-state index in [1.165, 1.54) is 6.07 Å². The molecule has 4 nitrogen and oxygen atoms in total. The van der Waals surface area contributed by atoms with Gasteiger partial charge in [-0.2, -0.15) is 0 Å². The molecular formula is C16H11BrCl2N2O2. The number of hydrogen-bond acceptors (Lipinski definition) is 3. The van der Waals surface area contributed by atoms with Crippen molar-refractivity contribution in [3.63, 3.8) is 0 Å². The highest BCUT2D eigenvalue weighted by Crippen LogP contribution is 2.31. The van der Waals surface area contributed by atoms with Crippen molar-refractivity contribution in [1.29, 1.82) is 0 Å². The molecule has 1 heterocycles. The third-order valence-corrected chi connectivity index (χ3v) is 4.76. The number of rotatable bonds is 3. The molecule has 0 saturated carbocycles. The lowest BCUT2D eigenvalue weighted by atomic mass is 10.2. The van der Waals surface area contributed by atoms with Crippen molar-refractivity contribution in [3.8, 4) is 0 Å². The molecule has 1 atom stereocenters. The van der Waals surface area contributed by atoms with E-state index in [2.05, 4.69) is 21.2 Å². The van der Waals surface area contributed by atoms with Gasteiger partial charge in [0.2, 0.25) is 5.91 Å². The fraction of sp³-hybridized carbons (Fsp3) is 0.125. The molecule has 0 radical (unpaired) electrons. The fourth-order valence-corrected chi connectivity index (χ4v) is 2.94. The van der Waals surface area contributed by atoms with Crippen LogP contribution in [0.3, 0.4) is 0 Å². The van der Waals surface area contributed by atoms with Gasteiger partial charge in [0.25, 0.3) is 5.91 Å². The van der Waals surface area contributed by atoms with Crippen molar-refractivity contribution in [1.82, 2.24) is 0 Å². The summed E-state index contributed by atoms with van der Waals surface area (Å²) in [6.07, 6.45) is 0.0924. The van der Waals surface area contributed by atoms with E-state index >= 15 is 0 Å². The molecular weight excluding hydrogens is 403 g/mol. The van der Waals surface area contributed by atoms with Gasteiger partial charge in [0, 0.05) is 10.2 Å². The number of carbonyl (C=O) groups excluding carboxylic acids is 2. The highest BCUT2D eigenvalue weighted by Gasteiger charge is 2.39. The maximum absolute atomic E-state index is 12.5. The highest BCUT2D eigenvalue weighted by molar-refractivity contribution is 9.10. The third kappa shape index (κ3) is 3.37. The largest absolute Gasteiger partial charge is 0.373 e. The van der Waals surface area contributed by atoms with Gasteiger partial charge in [0.1, 0.15) is 6.04 Å². The Bertz CT molecular complexity index is 780. The van der Waals surface area contributed by atoms with Gasteiger partial charge in [-0.05, 0) is 42.5 Å². The molecule has 23 heavy (non-hydrogen) atoms. The first-order valence-corrected chi connectivity index (χ1v) is 8.34. The number of imide groups is 1. The van der Waals surface area contributed by atoms with E-state index in [1.807, 2.05) is 24.3 Å². The minimum atomic E-state index is -0.599. The SMILES string of the molecule is O=C1C[C@@H](Nc2ccc(Br)cc2)C(=O)N1c1ccc(Cl)c(Cl)c1. The molecule has 118 valence electrons. The summed E-state index contributed by atoms with van der Waals surface area (Å²) in [5.41, 5.74) is 1.20. The summed E-state index contributed by atoms with van der Waals surface area (Å²) in [5.74, 6) is -0.584. The minimum absolute atomic E-state index is 0.0924. The zero-order valence-electron chi connectivity index (χ0n) is 11.7. The average Bonchev–Trinajstić information content (AvgIpc) is 2.79. The molecule has 1 N–H and O–H groups in total. The van der Waals surface area contributed by atoms with Crippen LogP contribution in [0.25, 0.3) is 0 Å². The lowest BCUT2D eigenvalue weighted by Crippen LogP contribution is -2.34. The smallest absolute Gasteiger partial charge is 0.256 e. The summed E-state index contributed by atoms with van der Waals surface area (Å²) in [6.45, 7) is 0. The molecule has 1 aliphatic heterocycles. The molecule has 0 aromatic heterocycles. The number of hydrogen-bond donors (Lipinski definition) is 1. The Balaban J connectivity index is 1.82. The standard InChI is InChI=1S/C16H11BrCl2N2O2/c17-9-1-3-10(4-2-9)20-14-8-15(22)21(16(14)23)11-5-6-12(18)13(19)7-11/h1-7,14,20H,8H2/t14-/m1/s1. The number of nitrogens with one attached hydrogen (secondary N) is 1. The topological polar surface area (TPSA) is 49.4 Å². The Kier molecular flexibility index (Phi) is 4.62. The van der Waals surface area contributed by atoms with E-state index in [1.54, 1.807) is 12.1 Å². The van der Waals surface area contributed by atoms with Crippen LogP contribution in [-0.2, 0) is 9.59 Å². The highest BCUT2D eigenvalue weighted by atomic mass is 79.9. The van der Waals surface area contributed by atoms with Gasteiger partial charge in [0.05, 0.1) is 22.2 Å². The van der Waals surface area contributed by atoms with Gasteiger partial charge in [0.15, 0.2) is 0 Å². The van der Waals surface area contributed by atoms with E-state index < -0.39 is 6.04 Å². The quantitative estimate of drug-likeness (QED) is 0.753. The summed E-state index contributed by atoms with van der Waals surface area (Å²) in [6, 6.07) is 11.5. The Labute approximate surface area is 151 Å². The molecule has 0 unspecified atom stereocenters. The van der Waals surface area contributed by atoms with Crippen LogP contribution in [-0.4, -0.2) is 17.9 Å². The normalized spacial score (nSPS) is 17.7. The second-order valence-corrected chi connectivity index (χ2v) is 6.80. The Morgan fingerprint density at radius 3 is 2.39 bits per heavy atom. The lowest BCUT2D eigenvalue weighted by molar-refractivity contribution is -0.121. The molecule has 2 aromatic carbocycles. The van der Waals surface area contributed by atoms with E-state index in [0.717, 1.165) is 15.1 Å². The Hall–Kier alpha value is -1.56. The van der Waals surface area contributed by atoms with Gasteiger partial charge < -0.3 is 5.32 Å². The zero-order valence-corrected chi connectivity index (χ0v) is 14.8. The van der Waals surface area contributed by atoms with Crippen LogP contribution >= 0.6 is 39.1 Å². The first-order chi connectivity index (χ1) is 11.0. The molecule has 3 rings (SSSR count). The molecule has 2 amide bonds. The van der Waals surface area contributed by atoms with Crippen molar-refractivity contribution in [2.24, 2.45) is 0 Å². The fourth-order valence-electron chi connectivity index (χ4n) is 2.39. The molecule has 2 aromatic rings. The maximum Gasteiger partial charge on any atom is 0.256 e. The van der Waals surface area contributed by atoms with Crippen LogP contribution < -0.4 is 10.2 Å². The van der Waals surface area contributed by atoms with Crippen LogP contribution in [0.5, 0.6) is 0 Å². The summed E-state index contributed by atoms with van der Waals surface area (Å²) in [7, 11) is 0. The number of amides is 2.